The Balaban J connectivity index is 1.96. The molecule has 0 saturated carbocycles. The van der Waals surface area contributed by atoms with Gasteiger partial charge in [0.15, 0.2) is 0 Å². The summed E-state index contributed by atoms with van der Waals surface area (Å²) in [6.45, 7) is 1.40. The summed E-state index contributed by atoms with van der Waals surface area (Å²) in [7, 11) is 2.02. The smallest absolute Gasteiger partial charge is 0.243 e. The van der Waals surface area contributed by atoms with E-state index in [1.807, 2.05) is 13.1 Å². The van der Waals surface area contributed by atoms with Crippen molar-refractivity contribution in [1.29, 1.82) is 0 Å². The Kier molecular flexibility index (Phi) is 9.10. The van der Waals surface area contributed by atoms with E-state index < -0.39 is 0 Å². The van der Waals surface area contributed by atoms with E-state index in [0.29, 0.717) is 31.3 Å². The van der Waals surface area contributed by atoms with E-state index in [2.05, 4.69) is 14.5 Å². The zero-order valence-electron chi connectivity index (χ0n) is 15.6. The van der Waals surface area contributed by atoms with Gasteiger partial charge in [-0.15, -0.1) is 23.2 Å². The molecule has 1 amide bonds. The number of hydroxylamine groups is 1. The molecular formula is C18H27Cl2N5O2. The van der Waals surface area contributed by atoms with E-state index in [1.165, 1.54) is 0 Å². The summed E-state index contributed by atoms with van der Waals surface area (Å²) >= 11 is 11.8. The number of carbonyl (C=O) groups is 1. The maximum atomic E-state index is 11.0. The molecular weight excluding hydrogens is 389 g/mol. The van der Waals surface area contributed by atoms with Crippen molar-refractivity contribution in [3.05, 3.63) is 18.1 Å². The minimum atomic E-state index is -0.328. The highest BCUT2D eigenvalue weighted by Crippen LogP contribution is 2.21. The van der Waals surface area contributed by atoms with Crippen molar-refractivity contribution in [3.63, 3.8) is 0 Å². The van der Waals surface area contributed by atoms with Crippen molar-refractivity contribution in [2.45, 2.75) is 38.5 Å². The fourth-order valence-electron chi connectivity index (χ4n) is 3.05. The van der Waals surface area contributed by atoms with Crippen LogP contribution in [0.3, 0.4) is 0 Å². The van der Waals surface area contributed by atoms with Gasteiger partial charge < -0.3 is 9.47 Å². The minimum absolute atomic E-state index is 0.328. The van der Waals surface area contributed by atoms with Crippen molar-refractivity contribution in [3.8, 4) is 0 Å². The molecule has 0 aliphatic rings. The maximum Gasteiger partial charge on any atom is 0.243 e. The summed E-state index contributed by atoms with van der Waals surface area (Å²) in [6, 6.07) is 2.04. The van der Waals surface area contributed by atoms with Crippen molar-refractivity contribution < 1.29 is 10.0 Å². The number of halogens is 2. The normalized spacial score (nSPS) is 11.1. The molecule has 0 spiro atoms. The number of pyridine rings is 1. The third kappa shape index (κ3) is 6.23. The molecule has 0 fully saturated rings. The number of amides is 1. The second-order valence-electron chi connectivity index (χ2n) is 6.43. The van der Waals surface area contributed by atoms with E-state index in [1.54, 1.807) is 11.7 Å². The van der Waals surface area contributed by atoms with Gasteiger partial charge in [-0.1, -0.05) is 12.8 Å². The van der Waals surface area contributed by atoms with Gasteiger partial charge in [-0.3, -0.25) is 10.0 Å². The Morgan fingerprint density at radius 2 is 1.93 bits per heavy atom. The third-order valence-corrected chi connectivity index (χ3v) is 4.90. The number of alkyl halides is 2. The molecule has 0 saturated heterocycles. The summed E-state index contributed by atoms with van der Waals surface area (Å²) < 4.78 is 2.11. The second-order valence-corrected chi connectivity index (χ2v) is 7.19. The van der Waals surface area contributed by atoms with Gasteiger partial charge in [0.1, 0.15) is 17.2 Å². The molecule has 0 aliphatic heterocycles. The summed E-state index contributed by atoms with van der Waals surface area (Å²) in [5.41, 5.74) is 3.58. The van der Waals surface area contributed by atoms with E-state index in [4.69, 9.17) is 33.4 Å². The lowest BCUT2D eigenvalue weighted by Crippen LogP contribution is -2.28. The van der Waals surface area contributed by atoms with Gasteiger partial charge in [-0.2, -0.15) is 0 Å². The van der Waals surface area contributed by atoms with Crippen LogP contribution in [0, 0.1) is 0 Å². The van der Waals surface area contributed by atoms with Crippen LogP contribution in [0.1, 0.15) is 37.9 Å². The van der Waals surface area contributed by atoms with E-state index in [0.717, 1.165) is 54.8 Å². The molecule has 2 N–H and O–H groups in total. The standard InChI is InChI=1S/C18H27Cl2N5O2/c1-24-15-12-17(25(10-8-19)11-9-20)21-13-14(15)22-16(24)6-4-2-3-5-7-18(26)23-27/h12-13,27H,2-11H2,1H3,(H,23,26). The quantitative estimate of drug-likeness (QED) is 0.240. The zero-order valence-corrected chi connectivity index (χ0v) is 17.1. The Bertz CT molecular complexity index is 732. The number of carbonyl (C=O) groups excluding carboxylic acids is 1. The molecule has 27 heavy (non-hydrogen) atoms. The molecule has 0 aromatic carbocycles. The van der Waals surface area contributed by atoms with Crippen LogP contribution in [0.5, 0.6) is 0 Å². The molecule has 0 atom stereocenters. The highest BCUT2D eigenvalue weighted by atomic mass is 35.5. The summed E-state index contributed by atoms with van der Waals surface area (Å²) in [5, 5.41) is 8.47. The number of hydrogen-bond acceptors (Lipinski definition) is 5. The first kappa shape index (κ1) is 21.7. The molecule has 0 unspecified atom stereocenters. The van der Waals surface area contributed by atoms with Crippen molar-refractivity contribution in [1.82, 2.24) is 20.0 Å². The van der Waals surface area contributed by atoms with Crippen LogP contribution in [0.4, 0.5) is 5.82 Å². The van der Waals surface area contributed by atoms with Gasteiger partial charge in [-0.05, 0) is 12.8 Å². The Hall–Kier alpha value is -1.57. The van der Waals surface area contributed by atoms with Crippen LogP contribution in [0.25, 0.3) is 11.0 Å². The van der Waals surface area contributed by atoms with Crippen LogP contribution in [-0.2, 0) is 18.3 Å². The van der Waals surface area contributed by atoms with Gasteiger partial charge in [0.2, 0.25) is 5.91 Å². The minimum Gasteiger partial charge on any atom is -0.354 e. The molecule has 7 nitrogen and oxygen atoms in total. The first-order valence-electron chi connectivity index (χ1n) is 9.21. The Morgan fingerprint density at radius 3 is 2.59 bits per heavy atom. The fraction of sp³-hybridized carbons (Fsp3) is 0.611. The molecule has 2 aromatic rings. The Morgan fingerprint density at radius 1 is 1.22 bits per heavy atom. The second kappa shape index (κ2) is 11.3. The van der Waals surface area contributed by atoms with E-state index in [-0.39, 0.29) is 5.91 Å². The van der Waals surface area contributed by atoms with Gasteiger partial charge in [0.25, 0.3) is 0 Å². The van der Waals surface area contributed by atoms with Gasteiger partial charge in [0, 0.05) is 50.8 Å². The lowest BCUT2D eigenvalue weighted by atomic mass is 10.1. The monoisotopic (exact) mass is 415 g/mol. The average molecular weight is 416 g/mol. The van der Waals surface area contributed by atoms with E-state index in [9.17, 15) is 4.79 Å². The van der Waals surface area contributed by atoms with Crippen molar-refractivity contribution in [2.75, 3.05) is 29.7 Å². The first-order valence-corrected chi connectivity index (χ1v) is 10.3. The fourth-order valence-corrected chi connectivity index (χ4v) is 3.46. The zero-order chi connectivity index (χ0) is 19.6. The van der Waals surface area contributed by atoms with Gasteiger partial charge >= 0.3 is 0 Å². The number of aryl methyl sites for hydroxylation is 2. The lowest BCUT2D eigenvalue weighted by Gasteiger charge is -2.21. The predicted molar refractivity (Wildman–Crippen MR) is 109 cm³/mol. The van der Waals surface area contributed by atoms with Crippen LogP contribution >= 0.6 is 23.2 Å². The number of anilines is 1. The number of nitrogens with zero attached hydrogens (tertiary/aromatic N) is 4. The molecule has 150 valence electrons. The number of aromatic nitrogens is 3. The number of unbranched alkanes of at least 4 members (excludes halogenated alkanes) is 3. The molecule has 0 radical (unpaired) electrons. The highest BCUT2D eigenvalue weighted by molar-refractivity contribution is 6.18. The molecule has 0 bridgehead atoms. The molecule has 9 heteroatoms. The topological polar surface area (TPSA) is 83.3 Å². The van der Waals surface area contributed by atoms with Crippen molar-refractivity contribution >= 4 is 46.0 Å². The maximum absolute atomic E-state index is 11.0. The Labute approximate surface area is 169 Å². The number of rotatable bonds is 12. The third-order valence-electron chi connectivity index (χ3n) is 4.56. The number of nitrogens with one attached hydrogen (secondary N) is 1. The molecule has 0 aliphatic carbocycles. The van der Waals surface area contributed by atoms with Gasteiger partial charge in [0.05, 0.1) is 11.7 Å². The van der Waals surface area contributed by atoms with Crippen LogP contribution in [0.2, 0.25) is 0 Å². The average Bonchev–Trinajstić information content (AvgIpc) is 2.99. The number of fused-ring (bicyclic) bond motifs is 1. The molecule has 2 heterocycles. The van der Waals surface area contributed by atoms with Crippen LogP contribution < -0.4 is 10.4 Å². The molecule has 2 aromatic heterocycles. The van der Waals surface area contributed by atoms with E-state index >= 15 is 0 Å². The summed E-state index contributed by atoms with van der Waals surface area (Å²) in [5.74, 6) is 2.60. The van der Waals surface area contributed by atoms with Crippen molar-refractivity contribution in [2.24, 2.45) is 7.05 Å². The molecule has 2 rings (SSSR count). The van der Waals surface area contributed by atoms with Crippen LogP contribution in [0.15, 0.2) is 12.3 Å². The largest absolute Gasteiger partial charge is 0.354 e. The first-order chi connectivity index (χ1) is 13.1. The number of hydrogen-bond donors (Lipinski definition) is 2. The summed E-state index contributed by atoms with van der Waals surface area (Å²) in [4.78, 5) is 22.3. The lowest BCUT2D eigenvalue weighted by molar-refractivity contribution is -0.129. The van der Waals surface area contributed by atoms with Gasteiger partial charge in [-0.25, -0.2) is 15.4 Å². The summed E-state index contributed by atoms with van der Waals surface area (Å²) in [6.07, 6.45) is 6.79. The SMILES string of the molecule is Cn1c(CCCCCCC(=O)NO)nc2cnc(N(CCCl)CCCl)cc21. The number of imidazole rings is 1. The highest BCUT2D eigenvalue weighted by Gasteiger charge is 2.12. The van der Waals surface area contributed by atoms with Crippen LogP contribution in [-0.4, -0.2) is 50.5 Å². The predicted octanol–water partition coefficient (Wildman–Crippen LogP) is 3.25.